The van der Waals surface area contributed by atoms with Crippen molar-refractivity contribution in [1.29, 1.82) is 0 Å². The SMILES string of the molecule is CCCc1nc(N)cc(Oc2ccccc2CO)n1. The van der Waals surface area contributed by atoms with Crippen molar-refractivity contribution >= 4 is 5.82 Å². The van der Waals surface area contributed by atoms with Crippen LogP contribution in [0.3, 0.4) is 0 Å². The Morgan fingerprint density at radius 2 is 2.05 bits per heavy atom. The Hall–Kier alpha value is -2.14. The second-order valence-electron chi connectivity index (χ2n) is 4.17. The summed E-state index contributed by atoms with van der Waals surface area (Å²) < 4.78 is 5.68. The van der Waals surface area contributed by atoms with Gasteiger partial charge in [0.05, 0.1) is 6.61 Å². The lowest BCUT2D eigenvalue weighted by Gasteiger charge is -2.10. The Balaban J connectivity index is 2.27. The average molecular weight is 259 g/mol. The number of ether oxygens (including phenoxy) is 1. The largest absolute Gasteiger partial charge is 0.438 e. The second-order valence-corrected chi connectivity index (χ2v) is 4.17. The zero-order valence-corrected chi connectivity index (χ0v) is 10.8. The van der Waals surface area contributed by atoms with Crippen molar-refractivity contribution in [3.8, 4) is 11.6 Å². The van der Waals surface area contributed by atoms with Gasteiger partial charge in [0.1, 0.15) is 17.4 Å². The van der Waals surface area contributed by atoms with Crippen molar-refractivity contribution in [1.82, 2.24) is 9.97 Å². The van der Waals surface area contributed by atoms with Gasteiger partial charge in [0.25, 0.3) is 0 Å². The van der Waals surface area contributed by atoms with Gasteiger partial charge < -0.3 is 15.6 Å². The molecule has 0 aliphatic carbocycles. The molecule has 1 aromatic carbocycles. The summed E-state index contributed by atoms with van der Waals surface area (Å²) in [5.74, 6) is 2.02. The fourth-order valence-corrected chi connectivity index (χ4v) is 1.73. The predicted molar refractivity (Wildman–Crippen MR) is 72.9 cm³/mol. The molecule has 2 aromatic rings. The number of nitrogen functional groups attached to an aromatic ring is 1. The highest BCUT2D eigenvalue weighted by Gasteiger charge is 2.07. The highest BCUT2D eigenvalue weighted by molar-refractivity contribution is 5.39. The van der Waals surface area contributed by atoms with E-state index in [-0.39, 0.29) is 6.61 Å². The summed E-state index contributed by atoms with van der Waals surface area (Å²) in [4.78, 5) is 8.44. The molecule has 1 heterocycles. The van der Waals surface area contributed by atoms with E-state index in [2.05, 4.69) is 9.97 Å². The summed E-state index contributed by atoms with van der Waals surface area (Å²) in [6, 6.07) is 8.84. The van der Waals surface area contributed by atoms with Gasteiger partial charge in [-0.15, -0.1) is 0 Å². The third kappa shape index (κ3) is 3.42. The Morgan fingerprint density at radius 1 is 1.26 bits per heavy atom. The zero-order valence-electron chi connectivity index (χ0n) is 10.8. The number of nitrogens with zero attached hydrogens (tertiary/aromatic N) is 2. The van der Waals surface area contributed by atoms with Crippen molar-refractivity contribution in [3.63, 3.8) is 0 Å². The van der Waals surface area contributed by atoms with Gasteiger partial charge in [0, 0.05) is 18.1 Å². The minimum Gasteiger partial charge on any atom is -0.438 e. The molecule has 5 nitrogen and oxygen atoms in total. The molecule has 0 atom stereocenters. The first-order chi connectivity index (χ1) is 9.22. The van der Waals surface area contributed by atoms with Gasteiger partial charge in [-0.3, -0.25) is 0 Å². The molecule has 0 radical (unpaired) electrons. The van der Waals surface area contributed by atoms with Gasteiger partial charge in [0.15, 0.2) is 0 Å². The lowest BCUT2D eigenvalue weighted by Crippen LogP contribution is -2.02. The van der Waals surface area contributed by atoms with E-state index >= 15 is 0 Å². The minimum absolute atomic E-state index is 0.0848. The zero-order chi connectivity index (χ0) is 13.7. The van der Waals surface area contributed by atoms with Crippen molar-refractivity contribution in [2.45, 2.75) is 26.4 Å². The van der Waals surface area contributed by atoms with E-state index in [0.29, 0.717) is 28.8 Å². The third-order valence-corrected chi connectivity index (χ3v) is 2.60. The standard InChI is InChI=1S/C14H17N3O2/c1-2-5-13-16-12(15)8-14(17-13)19-11-7-4-3-6-10(11)9-18/h3-4,6-8,18H,2,5,9H2,1H3,(H2,15,16,17). The summed E-state index contributed by atoms with van der Waals surface area (Å²) in [5.41, 5.74) is 6.44. The molecule has 0 fully saturated rings. The second kappa shape index (κ2) is 6.15. The fourth-order valence-electron chi connectivity index (χ4n) is 1.73. The Morgan fingerprint density at radius 3 is 2.79 bits per heavy atom. The van der Waals surface area contributed by atoms with E-state index < -0.39 is 0 Å². The highest BCUT2D eigenvalue weighted by atomic mass is 16.5. The Bertz CT molecular complexity index is 558. The van der Waals surface area contributed by atoms with Crippen LogP contribution in [0.4, 0.5) is 5.82 Å². The van der Waals surface area contributed by atoms with E-state index in [0.717, 1.165) is 12.8 Å². The van der Waals surface area contributed by atoms with E-state index in [1.165, 1.54) is 0 Å². The van der Waals surface area contributed by atoms with Crippen molar-refractivity contribution in [3.05, 3.63) is 41.7 Å². The topological polar surface area (TPSA) is 81.3 Å². The van der Waals surface area contributed by atoms with Crippen molar-refractivity contribution in [2.24, 2.45) is 0 Å². The molecule has 0 aliphatic rings. The average Bonchev–Trinajstić information content (AvgIpc) is 2.39. The van der Waals surface area contributed by atoms with Crippen LogP contribution in [-0.4, -0.2) is 15.1 Å². The van der Waals surface area contributed by atoms with Crippen molar-refractivity contribution in [2.75, 3.05) is 5.73 Å². The van der Waals surface area contributed by atoms with Gasteiger partial charge in [-0.2, -0.15) is 4.98 Å². The molecule has 1 aromatic heterocycles. The number of rotatable bonds is 5. The van der Waals surface area contributed by atoms with Gasteiger partial charge in [-0.05, 0) is 12.5 Å². The van der Waals surface area contributed by atoms with Crippen LogP contribution in [0.1, 0.15) is 24.7 Å². The normalized spacial score (nSPS) is 10.4. The minimum atomic E-state index is -0.0848. The number of hydrogen-bond donors (Lipinski definition) is 2. The smallest absolute Gasteiger partial charge is 0.224 e. The molecule has 0 saturated heterocycles. The van der Waals surface area contributed by atoms with Gasteiger partial charge in [-0.25, -0.2) is 4.98 Å². The molecule has 0 spiro atoms. The van der Waals surface area contributed by atoms with Crippen LogP contribution in [0, 0.1) is 0 Å². The van der Waals surface area contributed by atoms with E-state index in [9.17, 15) is 5.11 Å². The molecule has 100 valence electrons. The molecule has 0 saturated carbocycles. The fraction of sp³-hybridized carbons (Fsp3) is 0.286. The lowest BCUT2D eigenvalue weighted by molar-refractivity contribution is 0.276. The predicted octanol–water partition coefficient (Wildman–Crippen LogP) is 2.30. The molecular weight excluding hydrogens is 242 g/mol. The van der Waals surface area contributed by atoms with Crippen LogP contribution in [0.15, 0.2) is 30.3 Å². The summed E-state index contributed by atoms with van der Waals surface area (Å²) in [7, 11) is 0. The number of benzene rings is 1. The summed E-state index contributed by atoms with van der Waals surface area (Å²) in [5, 5.41) is 9.25. The quantitative estimate of drug-likeness (QED) is 0.861. The summed E-state index contributed by atoms with van der Waals surface area (Å²) >= 11 is 0. The maximum absolute atomic E-state index is 9.25. The highest BCUT2D eigenvalue weighted by Crippen LogP contribution is 2.24. The van der Waals surface area contributed by atoms with Crippen LogP contribution in [0.2, 0.25) is 0 Å². The third-order valence-electron chi connectivity index (χ3n) is 2.60. The molecule has 0 unspecified atom stereocenters. The molecule has 19 heavy (non-hydrogen) atoms. The molecule has 2 rings (SSSR count). The van der Waals surface area contributed by atoms with Crippen LogP contribution in [0.25, 0.3) is 0 Å². The summed E-state index contributed by atoms with van der Waals surface area (Å²) in [6.45, 7) is 1.96. The molecule has 0 aliphatic heterocycles. The first-order valence-corrected chi connectivity index (χ1v) is 6.23. The number of hydrogen-bond acceptors (Lipinski definition) is 5. The molecule has 0 amide bonds. The van der Waals surface area contributed by atoms with E-state index in [1.54, 1.807) is 18.2 Å². The van der Waals surface area contributed by atoms with E-state index in [4.69, 9.17) is 10.5 Å². The Kier molecular flexibility index (Phi) is 4.30. The molecule has 0 bridgehead atoms. The first-order valence-electron chi connectivity index (χ1n) is 6.23. The number of nitrogens with two attached hydrogens (primary N) is 1. The van der Waals surface area contributed by atoms with Crippen molar-refractivity contribution < 1.29 is 9.84 Å². The summed E-state index contributed by atoms with van der Waals surface area (Å²) in [6.07, 6.45) is 1.69. The molecule has 3 N–H and O–H groups in total. The monoisotopic (exact) mass is 259 g/mol. The number of aryl methyl sites for hydroxylation is 1. The number of para-hydroxylation sites is 1. The number of aliphatic hydroxyl groups is 1. The number of aliphatic hydroxyl groups excluding tert-OH is 1. The molecule has 5 heteroatoms. The molecular formula is C14H17N3O2. The van der Waals surface area contributed by atoms with Crippen LogP contribution < -0.4 is 10.5 Å². The van der Waals surface area contributed by atoms with Crippen LogP contribution in [-0.2, 0) is 13.0 Å². The first kappa shape index (κ1) is 13.3. The van der Waals surface area contributed by atoms with E-state index in [1.807, 2.05) is 19.1 Å². The van der Waals surface area contributed by atoms with Gasteiger partial charge in [-0.1, -0.05) is 25.1 Å². The maximum Gasteiger partial charge on any atom is 0.224 e. The lowest BCUT2D eigenvalue weighted by atomic mass is 10.2. The van der Waals surface area contributed by atoms with Crippen LogP contribution >= 0.6 is 0 Å². The van der Waals surface area contributed by atoms with Gasteiger partial charge >= 0.3 is 0 Å². The Labute approximate surface area is 112 Å². The van der Waals surface area contributed by atoms with Gasteiger partial charge in [0.2, 0.25) is 5.88 Å². The number of anilines is 1. The maximum atomic E-state index is 9.25. The number of aromatic nitrogens is 2. The van der Waals surface area contributed by atoms with Crippen LogP contribution in [0.5, 0.6) is 11.6 Å².